The van der Waals surface area contributed by atoms with Crippen molar-refractivity contribution in [3.05, 3.63) is 0 Å². The summed E-state index contributed by atoms with van der Waals surface area (Å²) < 4.78 is 0. The normalized spacial score (nSPS) is 25.5. The van der Waals surface area contributed by atoms with E-state index in [1.807, 2.05) is 4.90 Å². The summed E-state index contributed by atoms with van der Waals surface area (Å²) >= 11 is 0. The SMILES string of the molecule is O=C(C1CCCCCCC1)N1CC(O)C1. The van der Waals surface area contributed by atoms with Gasteiger partial charge in [-0.1, -0.05) is 32.1 Å². The van der Waals surface area contributed by atoms with Gasteiger partial charge in [-0.25, -0.2) is 0 Å². The highest BCUT2D eigenvalue weighted by Gasteiger charge is 2.32. The van der Waals surface area contributed by atoms with Crippen LogP contribution in [0.5, 0.6) is 0 Å². The number of aliphatic hydroxyl groups is 1. The first-order valence-corrected chi connectivity index (χ1v) is 6.24. The molecule has 86 valence electrons. The molecule has 0 aromatic heterocycles. The molecule has 1 aliphatic heterocycles. The van der Waals surface area contributed by atoms with E-state index in [2.05, 4.69) is 0 Å². The lowest BCUT2D eigenvalue weighted by Gasteiger charge is -2.38. The molecular weight excluding hydrogens is 190 g/mol. The molecule has 1 amide bonds. The van der Waals surface area contributed by atoms with Crippen LogP contribution in [0.4, 0.5) is 0 Å². The molecule has 0 unspecified atom stereocenters. The molecule has 2 fully saturated rings. The Kier molecular flexibility index (Phi) is 3.62. The van der Waals surface area contributed by atoms with Gasteiger partial charge in [-0.15, -0.1) is 0 Å². The van der Waals surface area contributed by atoms with E-state index >= 15 is 0 Å². The van der Waals surface area contributed by atoms with Crippen molar-refractivity contribution < 1.29 is 9.90 Å². The molecule has 0 atom stereocenters. The minimum atomic E-state index is -0.262. The van der Waals surface area contributed by atoms with E-state index in [4.69, 9.17) is 0 Å². The quantitative estimate of drug-likeness (QED) is 0.715. The maximum atomic E-state index is 12.0. The van der Waals surface area contributed by atoms with E-state index in [-0.39, 0.29) is 12.0 Å². The topological polar surface area (TPSA) is 40.5 Å². The summed E-state index contributed by atoms with van der Waals surface area (Å²) in [6, 6.07) is 0. The van der Waals surface area contributed by atoms with Gasteiger partial charge in [0, 0.05) is 19.0 Å². The maximum Gasteiger partial charge on any atom is 0.225 e. The molecule has 2 aliphatic rings. The summed E-state index contributed by atoms with van der Waals surface area (Å²) in [6.45, 7) is 1.13. The van der Waals surface area contributed by atoms with Gasteiger partial charge >= 0.3 is 0 Å². The number of carbonyl (C=O) groups is 1. The molecule has 0 radical (unpaired) electrons. The Bertz CT molecular complexity index is 216. The smallest absolute Gasteiger partial charge is 0.225 e. The summed E-state index contributed by atoms with van der Waals surface area (Å²) in [4.78, 5) is 13.8. The Morgan fingerprint density at radius 3 is 2.07 bits per heavy atom. The van der Waals surface area contributed by atoms with Crippen LogP contribution in [0.25, 0.3) is 0 Å². The molecule has 1 N–H and O–H groups in total. The maximum absolute atomic E-state index is 12.0. The van der Waals surface area contributed by atoms with Crippen LogP contribution < -0.4 is 0 Å². The fraction of sp³-hybridized carbons (Fsp3) is 0.917. The average Bonchev–Trinajstić information content (AvgIpc) is 2.11. The van der Waals surface area contributed by atoms with Gasteiger partial charge in [-0.05, 0) is 12.8 Å². The Balaban J connectivity index is 1.82. The van der Waals surface area contributed by atoms with Crippen LogP contribution in [-0.4, -0.2) is 35.1 Å². The van der Waals surface area contributed by atoms with Crippen molar-refractivity contribution in [3.8, 4) is 0 Å². The molecule has 0 bridgehead atoms. The predicted molar refractivity (Wildman–Crippen MR) is 58.4 cm³/mol. The third-order valence-electron chi connectivity index (χ3n) is 3.63. The second-order valence-corrected chi connectivity index (χ2v) is 4.94. The Morgan fingerprint density at radius 1 is 1.00 bits per heavy atom. The standard InChI is InChI=1S/C12H21NO2/c14-11-8-13(9-11)12(15)10-6-4-2-1-3-5-7-10/h10-11,14H,1-9H2. The number of amides is 1. The third-order valence-corrected chi connectivity index (χ3v) is 3.63. The van der Waals surface area contributed by atoms with Crippen molar-refractivity contribution >= 4 is 5.91 Å². The second kappa shape index (κ2) is 4.97. The Morgan fingerprint density at radius 2 is 1.53 bits per heavy atom. The highest BCUT2D eigenvalue weighted by molar-refractivity contribution is 5.79. The first kappa shape index (κ1) is 10.9. The van der Waals surface area contributed by atoms with E-state index in [0.717, 1.165) is 12.8 Å². The Hall–Kier alpha value is -0.570. The van der Waals surface area contributed by atoms with Gasteiger partial charge in [0.05, 0.1) is 6.10 Å². The molecule has 15 heavy (non-hydrogen) atoms. The van der Waals surface area contributed by atoms with Gasteiger partial charge in [0.1, 0.15) is 0 Å². The highest BCUT2D eigenvalue weighted by Crippen LogP contribution is 2.25. The number of β-amino-alcohol motifs (C(OH)–C–C–N with tert-alkyl or cyclic N) is 1. The van der Waals surface area contributed by atoms with Crippen LogP contribution in [0.3, 0.4) is 0 Å². The zero-order chi connectivity index (χ0) is 10.7. The predicted octanol–water partition coefficient (Wildman–Crippen LogP) is 1.55. The van der Waals surface area contributed by atoms with Gasteiger partial charge in [0.15, 0.2) is 0 Å². The molecule has 1 saturated heterocycles. The zero-order valence-corrected chi connectivity index (χ0v) is 9.32. The fourth-order valence-corrected chi connectivity index (χ4v) is 2.60. The van der Waals surface area contributed by atoms with Crippen LogP contribution >= 0.6 is 0 Å². The first-order chi connectivity index (χ1) is 7.27. The minimum Gasteiger partial charge on any atom is -0.389 e. The van der Waals surface area contributed by atoms with Crippen LogP contribution in [0.2, 0.25) is 0 Å². The summed E-state index contributed by atoms with van der Waals surface area (Å²) in [7, 11) is 0. The van der Waals surface area contributed by atoms with Crippen molar-refractivity contribution in [2.45, 2.75) is 51.0 Å². The van der Waals surface area contributed by atoms with E-state index in [0.29, 0.717) is 19.0 Å². The summed E-state index contributed by atoms with van der Waals surface area (Å²) in [5.41, 5.74) is 0. The average molecular weight is 211 g/mol. The number of hydrogen-bond acceptors (Lipinski definition) is 2. The Labute approximate surface area is 91.5 Å². The molecule has 0 aromatic rings. The van der Waals surface area contributed by atoms with E-state index in [1.54, 1.807) is 0 Å². The third kappa shape index (κ3) is 2.71. The van der Waals surface area contributed by atoms with Gasteiger partial charge in [-0.3, -0.25) is 4.79 Å². The van der Waals surface area contributed by atoms with Crippen LogP contribution in [0, 0.1) is 5.92 Å². The van der Waals surface area contributed by atoms with Gasteiger partial charge in [0.2, 0.25) is 5.91 Å². The summed E-state index contributed by atoms with van der Waals surface area (Å²) in [5.74, 6) is 0.542. The zero-order valence-electron chi connectivity index (χ0n) is 9.32. The first-order valence-electron chi connectivity index (χ1n) is 6.24. The number of carbonyl (C=O) groups excluding carboxylic acids is 1. The van der Waals surface area contributed by atoms with E-state index in [9.17, 15) is 9.90 Å². The summed E-state index contributed by atoms with van der Waals surface area (Å²) in [5, 5.41) is 9.17. The number of aliphatic hydroxyl groups excluding tert-OH is 1. The van der Waals surface area contributed by atoms with Crippen molar-refractivity contribution in [1.29, 1.82) is 0 Å². The molecule has 1 aliphatic carbocycles. The number of likely N-dealkylation sites (tertiary alicyclic amines) is 1. The molecule has 0 aromatic carbocycles. The van der Waals surface area contributed by atoms with Crippen molar-refractivity contribution in [3.63, 3.8) is 0 Å². The molecular formula is C12H21NO2. The molecule has 1 saturated carbocycles. The monoisotopic (exact) mass is 211 g/mol. The van der Waals surface area contributed by atoms with Crippen LogP contribution in [0.1, 0.15) is 44.9 Å². The largest absolute Gasteiger partial charge is 0.389 e. The molecule has 3 nitrogen and oxygen atoms in total. The second-order valence-electron chi connectivity index (χ2n) is 4.94. The van der Waals surface area contributed by atoms with Crippen LogP contribution in [-0.2, 0) is 4.79 Å². The molecule has 1 heterocycles. The lowest BCUT2D eigenvalue weighted by atomic mass is 9.89. The molecule has 3 heteroatoms. The van der Waals surface area contributed by atoms with Gasteiger partial charge < -0.3 is 10.0 Å². The van der Waals surface area contributed by atoms with E-state index < -0.39 is 0 Å². The fourth-order valence-electron chi connectivity index (χ4n) is 2.60. The summed E-state index contributed by atoms with van der Waals surface area (Å²) in [6.07, 6.45) is 8.17. The number of rotatable bonds is 1. The van der Waals surface area contributed by atoms with Crippen molar-refractivity contribution in [2.24, 2.45) is 5.92 Å². The molecule has 2 rings (SSSR count). The van der Waals surface area contributed by atoms with Gasteiger partial charge in [-0.2, -0.15) is 0 Å². The minimum absolute atomic E-state index is 0.248. The van der Waals surface area contributed by atoms with Crippen LogP contribution in [0.15, 0.2) is 0 Å². The van der Waals surface area contributed by atoms with Crippen molar-refractivity contribution in [2.75, 3.05) is 13.1 Å². The highest BCUT2D eigenvalue weighted by atomic mass is 16.3. The van der Waals surface area contributed by atoms with Crippen molar-refractivity contribution in [1.82, 2.24) is 4.90 Å². The van der Waals surface area contributed by atoms with E-state index in [1.165, 1.54) is 32.1 Å². The lowest BCUT2D eigenvalue weighted by molar-refractivity contribution is -0.146. The number of nitrogens with zero attached hydrogens (tertiary/aromatic N) is 1. The lowest BCUT2D eigenvalue weighted by Crippen LogP contribution is -2.55. The number of hydrogen-bond donors (Lipinski definition) is 1. The molecule has 0 spiro atoms. The van der Waals surface area contributed by atoms with Gasteiger partial charge in [0.25, 0.3) is 0 Å².